The van der Waals surface area contributed by atoms with E-state index in [1.165, 1.54) is 22.3 Å². The zero-order valence-corrected chi connectivity index (χ0v) is 16.9. The summed E-state index contributed by atoms with van der Waals surface area (Å²) in [6, 6.07) is 4.54. The van der Waals surface area contributed by atoms with Gasteiger partial charge in [0.2, 0.25) is 5.91 Å². The topological polar surface area (TPSA) is 52.6 Å². The molecule has 1 amide bonds. The van der Waals surface area contributed by atoms with Gasteiger partial charge in [-0.2, -0.15) is 0 Å². The highest BCUT2D eigenvalue weighted by molar-refractivity contribution is 5.78. The molecular formula is C21H36N2O2. The van der Waals surface area contributed by atoms with Crippen molar-refractivity contribution in [3.05, 3.63) is 34.4 Å². The molecule has 25 heavy (non-hydrogen) atoms. The molecule has 0 aliphatic rings. The molecule has 4 nitrogen and oxygen atoms in total. The highest BCUT2D eigenvalue weighted by atomic mass is 16.3. The first kappa shape index (κ1) is 21.7. The van der Waals surface area contributed by atoms with Gasteiger partial charge in [0.1, 0.15) is 0 Å². The van der Waals surface area contributed by atoms with Crippen LogP contribution >= 0.6 is 0 Å². The van der Waals surface area contributed by atoms with Gasteiger partial charge in [-0.1, -0.05) is 39.8 Å². The van der Waals surface area contributed by atoms with Crippen molar-refractivity contribution < 1.29 is 9.90 Å². The lowest BCUT2D eigenvalue weighted by Crippen LogP contribution is -2.39. The predicted octanol–water partition coefficient (Wildman–Crippen LogP) is 2.96. The fraction of sp³-hybridized carbons (Fsp3) is 0.667. The summed E-state index contributed by atoms with van der Waals surface area (Å²) in [5.41, 5.74) is 5.43. The minimum Gasteiger partial charge on any atom is -0.395 e. The third-order valence-electron chi connectivity index (χ3n) is 4.58. The molecule has 0 heterocycles. The normalized spacial score (nSPS) is 11.8. The lowest BCUT2D eigenvalue weighted by Gasteiger charge is -2.23. The molecule has 0 aliphatic heterocycles. The van der Waals surface area contributed by atoms with Gasteiger partial charge in [0, 0.05) is 13.1 Å². The molecule has 142 valence electrons. The summed E-state index contributed by atoms with van der Waals surface area (Å²) in [7, 11) is 0. The zero-order chi connectivity index (χ0) is 19.0. The zero-order valence-electron chi connectivity index (χ0n) is 16.9. The number of aliphatic hydroxyl groups excluding tert-OH is 1. The summed E-state index contributed by atoms with van der Waals surface area (Å²) in [6.45, 7) is 15.6. The van der Waals surface area contributed by atoms with Crippen LogP contribution in [0.2, 0.25) is 0 Å². The van der Waals surface area contributed by atoms with E-state index in [4.69, 9.17) is 5.11 Å². The molecule has 0 spiro atoms. The fourth-order valence-electron chi connectivity index (χ4n) is 3.13. The van der Waals surface area contributed by atoms with Gasteiger partial charge < -0.3 is 10.4 Å². The quantitative estimate of drug-likeness (QED) is 0.721. The molecule has 1 aromatic rings. The van der Waals surface area contributed by atoms with Gasteiger partial charge in [-0.15, -0.1) is 0 Å². The predicted molar refractivity (Wildman–Crippen MR) is 105 cm³/mol. The van der Waals surface area contributed by atoms with E-state index in [-0.39, 0.29) is 17.9 Å². The minimum absolute atomic E-state index is 0.0310. The number of aryl methyl sites for hydroxylation is 2. The Balaban J connectivity index is 2.60. The Morgan fingerprint density at radius 2 is 1.76 bits per heavy atom. The molecule has 1 aromatic carbocycles. The van der Waals surface area contributed by atoms with Crippen molar-refractivity contribution in [2.45, 2.75) is 59.8 Å². The molecule has 0 radical (unpaired) electrons. The number of hydrogen-bond acceptors (Lipinski definition) is 3. The first-order chi connectivity index (χ1) is 11.7. The number of hydrogen-bond donors (Lipinski definition) is 2. The summed E-state index contributed by atoms with van der Waals surface area (Å²) in [5, 5.41) is 12.1. The standard InChI is InChI=1S/C21H36N2O2/c1-7-10-23(11-12-24)15-20(25)22-9-8-19-16(2)13-18(14-17(19)3)21(4,5)6/h13-14,24H,7-12,15H2,1-6H3,(H,22,25). The van der Waals surface area contributed by atoms with Crippen LogP contribution in [0.25, 0.3) is 0 Å². The highest BCUT2D eigenvalue weighted by Crippen LogP contribution is 2.27. The van der Waals surface area contributed by atoms with Gasteiger partial charge in [-0.3, -0.25) is 9.69 Å². The second-order valence-corrected chi connectivity index (χ2v) is 7.94. The SMILES string of the molecule is CCCN(CCO)CC(=O)NCCc1c(C)cc(C(C)(C)C)cc1C. The number of benzene rings is 1. The van der Waals surface area contributed by atoms with E-state index in [2.05, 4.69) is 59.0 Å². The smallest absolute Gasteiger partial charge is 0.234 e. The lowest BCUT2D eigenvalue weighted by molar-refractivity contribution is -0.122. The highest BCUT2D eigenvalue weighted by Gasteiger charge is 2.16. The number of aliphatic hydroxyl groups is 1. The minimum atomic E-state index is 0.0310. The second kappa shape index (κ2) is 9.93. The van der Waals surface area contributed by atoms with Gasteiger partial charge >= 0.3 is 0 Å². The van der Waals surface area contributed by atoms with Crippen LogP contribution in [0.15, 0.2) is 12.1 Å². The Labute approximate surface area is 153 Å². The molecule has 0 aromatic heterocycles. The molecule has 0 aliphatic carbocycles. The maximum atomic E-state index is 12.1. The maximum Gasteiger partial charge on any atom is 0.234 e. The molecule has 0 unspecified atom stereocenters. The van der Waals surface area contributed by atoms with E-state index < -0.39 is 0 Å². The lowest BCUT2D eigenvalue weighted by atomic mass is 9.83. The Bertz CT molecular complexity index is 532. The fourth-order valence-corrected chi connectivity index (χ4v) is 3.13. The van der Waals surface area contributed by atoms with Gasteiger partial charge in [0.25, 0.3) is 0 Å². The molecule has 2 N–H and O–H groups in total. The maximum absolute atomic E-state index is 12.1. The van der Waals surface area contributed by atoms with Crippen LogP contribution in [0.3, 0.4) is 0 Å². The van der Waals surface area contributed by atoms with Crippen molar-refractivity contribution >= 4 is 5.91 Å². The molecule has 0 atom stereocenters. The summed E-state index contributed by atoms with van der Waals surface area (Å²) < 4.78 is 0. The van der Waals surface area contributed by atoms with Crippen LogP contribution < -0.4 is 5.32 Å². The molecule has 0 saturated carbocycles. The van der Waals surface area contributed by atoms with Crippen LogP contribution in [-0.2, 0) is 16.6 Å². The van der Waals surface area contributed by atoms with Crippen molar-refractivity contribution in [2.24, 2.45) is 0 Å². The van der Waals surface area contributed by atoms with Crippen molar-refractivity contribution in [3.63, 3.8) is 0 Å². The van der Waals surface area contributed by atoms with Crippen LogP contribution in [0.5, 0.6) is 0 Å². The van der Waals surface area contributed by atoms with E-state index in [0.29, 0.717) is 19.6 Å². The number of amides is 1. The molecular weight excluding hydrogens is 312 g/mol. The van der Waals surface area contributed by atoms with E-state index in [9.17, 15) is 4.79 Å². The summed E-state index contributed by atoms with van der Waals surface area (Å²) in [5.74, 6) is 0.0310. The number of carbonyl (C=O) groups is 1. The molecule has 0 fully saturated rings. The molecule has 0 bridgehead atoms. The first-order valence-electron chi connectivity index (χ1n) is 9.39. The Hall–Kier alpha value is -1.39. The largest absolute Gasteiger partial charge is 0.395 e. The van der Waals surface area contributed by atoms with Crippen molar-refractivity contribution in [1.29, 1.82) is 0 Å². The average molecular weight is 349 g/mol. The Morgan fingerprint density at radius 3 is 2.24 bits per heavy atom. The second-order valence-electron chi connectivity index (χ2n) is 7.94. The summed E-state index contributed by atoms with van der Waals surface area (Å²) in [4.78, 5) is 14.1. The summed E-state index contributed by atoms with van der Waals surface area (Å²) >= 11 is 0. The summed E-state index contributed by atoms with van der Waals surface area (Å²) in [6.07, 6.45) is 1.83. The monoisotopic (exact) mass is 348 g/mol. The molecule has 0 saturated heterocycles. The number of nitrogens with one attached hydrogen (secondary N) is 1. The Kier molecular flexibility index (Phi) is 8.60. The van der Waals surface area contributed by atoms with E-state index in [1.807, 2.05) is 4.90 Å². The van der Waals surface area contributed by atoms with Gasteiger partial charge in [-0.25, -0.2) is 0 Å². The van der Waals surface area contributed by atoms with E-state index >= 15 is 0 Å². The van der Waals surface area contributed by atoms with Crippen molar-refractivity contribution in [1.82, 2.24) is 10.2 Å². The number of carbonyl (C=O) groups excluding carboxylic acids is 1. The van der Waals surface area contributed by atoms with Crippen LogP contribution in [0.1, 0.15) is 56.4 Å². The molecule has 4 heteroatoms. The third kappa shape index (κ3) is 7.17. The average Bonchev–Trinajstić information content (AvgIpc) is 2.49. The van der Waals surface area contributed by atoms with Gasteiger partial charge in [0.05, 0.1) is 13.2 Å². The van der Waals surface area contributed by atoms with Crippen LogP contribution in [0.4, 0.5) is 0 Å². The van der Waals surface area contributed by atoms with E-state index in [0.717, 1.165) is 19.4 Å². The van der Waals surface area contributed by atoms with Gasteiger partial charge in [-0.05, 0) is 60.9 Å². The number of rotatable bonds is 9. The Morgan fingerprint density at radius 1 is 1.16 bits per heavy atom. The third-order valence-corrected chi connectivity index (χ3v) is 4.58. The van der Waals surface area contributed by atoms with Crippen molar-refractivity contribution in [3.8, 4) is 0 Å². The van der Waals surface area contributed by atoms with E-state index in [1.54, 1.807) is 0 Å². The number of nitrogens with zero attached hydrogens (tertiary/aromatic N) is 1. The first-order valence-corrected chi connectivity index (χ1v) is 9.39. The van der Waals surface area contributed by atoms with Crippen molar-refractivity contribution in [2.75, 3.05) is 32.8 Å². The van der Waals surface area contributed by atoms with Crippen LogP contribution in [0, 0.1) is 13.8 Å². The van der Waals surface area contributed by atoms with Gasteiger partial charge in [0.15, 0.2) is 0 Å². The molecule has 1 rings (SSSR count). The van der Waals surface area contributed by atoms with Crippen LogP contribution in [-0.4, -0.2) is 48.7 Å².